The van der Waals surface area contributed by atoms with Gasteiger partial charge in [-0.05, 0) is 74.0 Å². The summed E-state index contributed by atoms with van der Waals surface area (Å²) in [6.45, 7) is 4.11. The van der Waals surface area contributed by atoms with E-state index in [0.29, 0.717) is 11.8 Å². The van der Waals surface area contributed by atoms with Crippen LogP contribution in [0.2, 0.25) is 5.28 Å². The van der Waals surface area contributed by atoms with Crippen molar-refractivity contribution in [2.75, 3.05) is 16.8 Å². The highest BCUT2D eigenvalue weighted by Gasteiger charge is 2.20. The van der Waals surface area contributed by atoms with E-state index in [1.54, 1.807) is 18.5 Å². The molecule has 4 heterocycles. The first-order valence-electron chi connectivity index (χ1n) is 12.0. The molecule has 190 valence electrons. The fraction of sp³-hybridized carbons (Fsp3) is 0.185. The molecule has 6 aromatic rings. The quantitative estimate of drug-likeness (QED) is 0.271. The Balaban J connectivity index is 1.46. The van der Waals surface area contributed by atoms with Crippen molar-refractivity contribution in [3.63, 3.8) is 0 Å². The summed E-state index contributed by atoms with van der Waals surface area (Å²) < 4.78 is 3.76. The fourth-order valence-electron chi connectivity index (χ4n) is 4.55. The van der Waals surface area contributed by atoms with E-state index in [1.807, 2.05) is 83.6 Å². The molecule has 0 fully saturated rings. The van der Waals surface area contributed by atoms with Gasteiger partial charge in [-0.1, -0.05) is 0 Å². The molecule has 0 atom stereocenters. The average Bonchev–Trinajstić information content (AvgIpc) is 3.37. The van der Waals surface area contributed by atoms with Crippen LogP contribution in [0.4, 0.5) is 29.0 Å². The lowest BCUT2D eigenvalue weighted by molar-refractivity contribution is 0.751. The molecule has 0 aliphatic rings. The summed E-state index contributed by atoms with van der Waals surface area (Å²) in [6, 6.07) is 15.9. The second-order valence-electron chi connectivity index (χ2n) is 9.11. The number of benzene rings is 2. The molecule has 10 nitrogen and oxygen atoms in total. The average molecular weight is 525 g/mol. The second kappa shape index (κ2) is 9.07. The van der Waals surface area contributed by atoms with Gasteiger partial charge in [0, 0.05) is 61.4 Å². The summed E-state index contributed by atoms with van der Waals surface area (Å²) in [4.78, 5) is 21.9. The minimum atomic E-state index is 0.135. The Labute approximate surface area is 224 Å². The van der Waals surface area contributed by atoms with Gasteiger partial charge in [-0.2, -0.15) is 20.2 Å². The highest BCUT2D eigenvalue weighted by Crippen LogP contribution is 2.35. The SMILES string of the molecule is Cc1c2ccc(N(c3ccnc(Cl)n3)c3nccc(N(C)c4ccc5nn(C)c(C)c5c4)n3)cc2nn1C. The number of nitrogens with zero attached hydrogens (tertiary/aromatic N) is 10. The summed E-state index contributed by atoms with van der Waals surface area (Å²) >= 11 is 6.19. The number of hydrogen-bond donors (Lipinski definition) is 0. The van der Waals surface area contributed by atoms with Crippen LogP contribution < -0.4 is 9.80 Å². The first-order valence-corrected chi connectivity index (χ1v) is 12.4. The Morgan fingerprint density at radius 3 is 2.18 bits per heavy atom. The van der Waals surface area contributed by atoms with Crippen LogP contribution in [-0.4, -0.2) is 46.5 Å². The third-order valence-corrected chi connectivity index (χ3v) is 7.07. The molecular weight excluding hydrogens is 500 g/mol. The molecule has 0 saturated carbocycles. The van der Waals surface area contributed by atoms with Crippen LogP contribution in [-0.2, 0) is 14.1 Å². The van der Waals surface area contributed by atoms with E-state index in [-0.39, 0.29) is 5.28 Å². The predicted octanol–water partition coefficient (Wildman–Crippen LogP) is 5.55. The lowest BCUT2D eigenvalue weighted by atomic mass is 10.2. The number of aryl methyl sites for hydroxylation is 4. The van der Waals surface area contributed by atoms with Gasteiger partial charge >= 0.3 is 0 Å². The zero-order valence-corrected chi connectivity index (χ0v) is 22.4. The topological polar surface area (TPSA) is 93.7 Å². The van der Waals surface area contributed by atoms with E-state index < -0.39 is 0 Å². The fourth-order valence-corrected chi connectivity index (χ4v) is 4.69. The lowest BCUT2D eigenvalue weighted by Gasteiger charge is -2.24. The lowest BCUT2D eigenvalue weighted by Crippen LogP contribution is -2.18. The molecule has 0 radical (unpaired) electrons. The molecule has 2 aromatic carbocycles. The van der Waals surface area contributed by atoms with Crippen molar-refractivity contribution < 1.29 is 0 Å². The monoisotopic (exact) mass is 524 g/mol. The Bertz CT molecular complexity index is 1820. The predicted molar refractivity (Wildman–Crippen MR) is 150 cm³/mol. The molecule has 0 aliphatic heterocycles. The first kappa shape index (κ1) is 23.8. The smallest absolute Gasteiger partial charge is 0.237 e. The summed E-state index contributed by atoms with van der Waals surface area (Å²) in [5.41, 5.74) is 5.80. The van der Waals surface area contributed by atoms with E-state index in [4.69, 9.17) is 16.6 Å². The molecule has 4 aromatic heterocycles. The van der Waals surface area contributed by atoms with Crippen molar-refractivity contribution in [2.24, 2.45) is 14.1 Å². The molecule has 6 rings (SSSR count). The van der Waals surface area contributed by atoms with Crippen LogP contribution >= 0.6 is 11.6 Å². The van der Waals surface area contributed by atoms with Crippen LogP contribution in [0.15, 0.2) is 60.9 Å². The molecule has 0 saturated heterocycles. The van der Waals surface area contributed by atoms with Crippen molar-refractivity contribution in [1.29, 1.82) is 0 Å². The summed E-state index contributed by atoms with van der Waals surface area (Å²) in [7, 11) is 5.87. The maximum atomic E-state index is 6.19. The zero-order chi connectivity index (χ0) is 26.6. The van der Waals surface area contributed by atoms with Gasteiger partial charge < -0.3 is 4.90 Å². The van der Waals surface area contributed by atoms with E-state index in [2.05, 4.69) is 38.1 Å². The van der Waals surface area contributed by atoms with Crippen molar-refractivity contribution in [2.45, 2.75) is 13.8 Å². The van der Waals surface area contributed by atoms with Crippen molar-refractivity contribution >= 4 is 62.4 Å². The Hall–Kier alpha value is -4.57. The van der Waals surface area contributed by atoms with Crippen molar-refractivity contribution in [1.82, 2.24) is 39.5 Å². The van der Waals surface area contributed by atoms with Crippen LogP contribution in [0.5, 0.6) is 0 Å². The molecule has 38 heavy (non-hydrogen) atoms. The number of aromatic nitrogens is 8. The number of anilines is 5. The van der Waals surface area contributed by atoms with Gasteiger partial charge in [0.05, 0.1) is 16.7 Å². The normalized spacial score (nSPS) is 11.4. The molecule has 0 unspecified atom stereocenters. The highest BCUT2D eigenvalue weighted by atomic mass is 35.5. The Morgan fingerprint density at radius 2 is 1.39 bits per heavy atom. The highest BCUT2D eigenvalue weighted by molar-refractivity contribution is 6.28. The van der Waals surface area contributed by atoms with E-state index in [9.17, 15) is 0 Å². The minimum Gasteiger partial charge on any atom is -0.329 e. The van der Waals surface area contributed by atoms with Gasteiger partial charge in [-0.15, -0.1) is 0 Å². The van der Waals surface area contributed by atoms with Gasteiger partial charge in [0.25, 0.3) is 0 Å². The molecule has 0 spiro atoms. The Kier molecular flexibility index (Phi) is 5.68. The third kappa shape index (κ3) is 3.99. The molecule has 0 amide bonds. The molecule has 0 bridgehead atoms. The van der Waals surface area contributed by atoms with Crippen LogP contribution in [0.1, 0.15) is 11.4 Å². The van der Waals surface area contributed by atoms with Gasteiger partial charge in [0.2, 0.25) is 11.2 Å². The number of rotatable bonds is 5. The zero-order valence-electron chi connectivity index (χ0n) is 21.6. The molecule has 0 N–H and O–H groups in total. The van der Waals surface area contributed by atoms with E-state index in [0.717, 1.165) is 50.4 Å². The molecule has 11 heteroatoms. The van der Waals surface area contributed by atoms with Gasteiger partial charge in [0.15, 0.2) is 0 Å². The minimum absolute atomic E-state index is 0.135. The van der Waals surface area contributed by atoms with Crippen LogP contribution in [0, 0.1) is 13.8 Å². The largest absolute Gasteiger partial charge is 0.329 e. The molecular formula is C27H25ClN10. The van der Waals surface area contributed by atoms with Crippen molar-refractivity contribution in [3.8, 4) is 0 Å². The number of fused-ring (bicyclic) bond motifs is 2. The van der Waals surface area contributed by atoms with E-state index >= 15 is 0 Å². The Morgan fingerprint density at radius 1 is 0.711 bits per heavy atom. The number of hydrogen-bond acceptors (Lipinski definition) is 8. The first-order chi connectivity index (χ1) is 18.3. The van der Waals surface area contributed by atoms with Gasteiger partial charge in [-0.25, -0.2) is 9.97 Å². The summed E-state index contributed by atoms with van der Waals surface area (Å²) in [6.07, 6.45) is 3.35. The third-order valence-electron chi connectivity index (χ3n) is 6.89. The molecule has 0 aliphatic carbocycles. The van der Waals surface area contributed by atoms with Gasteiger partial charge in [-0.3, -0.25) is 14.3 Å². The van der Waals surface area contributed by atoms with Crippen molar-refractivity contribution in [3.05, 3.63) is 77.6 Å². The van der Waals surface area contributed by atoms with E-state index in [1.165, 1.54) is 0 Å². The second-order valence-corrected chi connectivity index (χ2v) is 9.45. The number of halogens is 1. The van der Waals surface area contributed by atoms with Crippen LogP contribution in [0.25, 0.3) is 21.8 Å². The maximum Gasteiger partial charge on any atom is 0.237 e. The summed E-state index contributed by atoms with van der Waals surface area (Å²) in [5.74, 6) is 1.70. The van der Waals surface area contributed by atoms with Gasteiger partial charge in [0.1, 0.15) is 11.6 Å². The van der Waals surface area contributed by atoms with Crippen LogP contribution in [0.3, 0.4) is 0 Å². The summed E-state index contributed by atoms with van der Waals surface area (Å²) in [5, 5.41) is 11.5. The standard InChI is InChI=1S/C27H25ClN10/c1-16-20-8-6-19(15-23(20)34-36(16)4)38(25-11-12-29-26(28)31-25)27-30-13-10-24(32-27)35(3)18-7-9-22-21(14-18)17(2)37(5)33-22/h6-15H,1-5H3. The maximum absolute atomic E-state index is 6.19.